The Morgan fingerprint density at radius 3 is 2.08 bits per heavy atom. The Balaban J connectivity index is 2.69. The molecule has 0 heterocycles. The predicted octanol–water partition coefficient (Wildman–Crippen LogP) is 3.44. The SMILES string of the molecule is COc1cc(C(=O)O)c(-c2ccc(C(C)(C)O)cc2F)cc1OC. The first-order valence-electron chi connectivity index (χ1n) is 7.21. The highest BCUT2D eigenvalue weighted by Gasteiger charge is 2.22. The molecule has 0 aliphatic carbocycles. The number of ether oxygens (including phenoxy) is 2. The summed E-state index contributed by atoms with van der Waals surface area (Å²) in [5, 5.41) is 19.4. The monoisotopic (exact) mass is 334 g/mol. The second-order valence-electron chi connectivity index (χ2n) is 5.81. The average Bonchev–Trinajstić information content (AvgIpc) is 2.52. The maximum Gasteiger partial charge on any atom is 0.336 e. The molecule has 0 saturated heterocycles. The molecule has 0 radical (unpaired) electrons. The summed E-state index contributed by atoms with van der Waals surface area (Å²) in [5.74, 6) is -1.31. The van der Waals surface area contributed by atoms with Crippen molar-refractivity contribution < 1.29 is 28.9 Å². The summed E-state index contributed by atoms with van der Waals surface area (Å²) in [6.45, 7) is 3.08. The molecule has 0 aliphatic rings. The van der Waals surface area contributed by atoms with Crippen molar-refractivity contribution in [2.45, 2.75) is 19.4 Å². The third-order valence-corrected chi connectivity index (χ3v) is 3.72. The van der Waals surface area contributed by atoms with E-state index in [9.17, 15) is 19.4 Å². The molecule has 0 atom stereocenters. The molecule has 2 aromatic rings. The number of aromatic carboxylic acids is 1. The van der Waals surface area contributed by atoms with E-state index in [1.165, 1.54) is 38.5 Å². The molecule has 5 nitrogen and oxygen atoms in total. The molecule has 0 aliphatic heterocycles. The highest BCUT2D eigenvalue weighted by Crippen LogP contribution is 2.37. The standard InChI is InChI=1S/C18H19FO5/c1-18(2,22)10-5-6-11(14(19)7-10)12-8-15(23-3)16(24-4)9-13(12)17(20)21/h5-9,22H,1-4H3,(H,20,21). The van der Waals surface area contributed by atoms with Gasteiger partial charge < -0.3 is 19.7 Å². The minimum absolute atomic E-state index is 0.0985. The average molecular weight is 334 g/mol. The van der Waals surface area contributed by atoms with Crippen LogP contribution < -0.4 is 9.47 Å². The zero-order valence-electron chi connectivity index (χ0n) is 13.9. The number of rotatable bonds is 5. The van der Waals surface area contributed by atoms with Crippen LogP contribution in [0.5, 0.6) is 11.5 Å². The van der Waals surface area contributed by atoms with Crippen LogP contribution >= 0.6 is 0 Å². The summed E-state index contributed by atoms with van der Waals surface area (Å²) in [7, 11) is 2.80. The summed E-state index contributed by atoms with van der Waals surface area (Å²) in [6.07, 6.45) is 0. The number of carboxylic acid groups (broad SMARTS) is 1. The number of hydrogen-bond acceptors (Lipinski definition) is 4. The molecule has 0 saturated carbocycles. The maximum atomic E-state index is 14.6. The first-order valence-corrected chi connectivity index (χ1v) is 7.21. The molecule has 0 bridgehead atoms. The molecule has 2 rings (SSSR count). The number of aliphatic hydroxyl groups is 1. The van der Waals surface area contributed by atoms with Gasteiger partial charge in [-0.2, -0.15) is 0 Å². The molecule has 0 unspecified atom stereocenters. The van der Waals surface area contributed by atoms with E-state index in [1.54, 1.807) is 19.9 Å². The Hall–Kier alpha value is -2.60. The van der Waals surface area contributed by atoms with Gasteiger partial charge >= 0.3 is 5.97 Å². The molecular formula is C18H19FO5. The van der Waals surface area contributed by atoms with Crippen LogP contribution in [0.2, 0.25) is 0 Å². The van der Waals surface area contributed by atoms with E-state index in [0.29, 0.717) is 11.3 Å². The lowest BCUT2D eigenvalue weighted by Crippen LogP contribution is -2.15. The number of benzene rings is 2. The lowest BCUT2D eigenvalue weighted by molar-refractivity contribution is 0.0696. The molecule has 2 aromatic carbocycles. The quantitative estimate of drug-likeness (QED) is 0.876. The fraction of sp³-hybridized carbons (Fsp3) is 0.278. The maximum absolute atomic E-state index is 14.6. The molecule has 0 spiro atoms. The van der Waals surface area contributed by atoms with Crippen molar-refractivity contribution in [2.75, 3.05) is 14.2 Å². The minimum atomic E-state index is -1.21. The number of halogens is 1. The number of carboxylic acids is 1. The minimum Gasteiger partial charge on any atom is -0.493 e. The predicted molar refractivity (Wildman–Crippen MR) is 87.1 cm³/mol. The van der Waals surface area contributed by atoms with Crippen LogP contribution in [0.25, 0.3) is 11.1 Å². The fourth-order valence-corrected chi connectivity index (χ4v) is 2.39. The Morgan fingerprint density at radius 2 is 1.62 bits per heavy atom. The van der Waals surface area contributed by atoms with E-state index in [-0.39, 0.29) is 22.4 Å². The van der Waals surface area contributed by atoms with Gasteiger partial charge in [0.05, 0.1) is 25.4 Å². The second kappa shape index (κ2) is 6.49. The zero-order chi connectivity index (χ0) is 18.1. The van der Waals surface area contributed by atoms with Gasteiger partial charge in [0.15, 0.2) is 11.5 Å². The van der Waals surface area contributed by atoms with Crippen molar-refractivity contribution in [1.29, 1.82) is 0 Å². The van der Waals surface area contributed by atoms with Crippen LogP contribution in [-0.4, -0.2) is 30.4 Å². The molecule has 24 heavy (non-hydrogen) atoms. The Bertz CT molecular complexity index is 778. The second-order valence-corrected chi connectivity index (χ2v) is 5.81. The van der Waals surface area contributed by atoms with Gasteiger partial charge in [-0.15, -0.1) is 0 Å². The molecule has 0 aromatic heterocycles. The van der Waals surface area contributed by atoms with Crippen molar-refractivity contribution in [2.24, 2.45) is 0 Å². The largest absolute Gasteiger partial charge is 0.493 e. The summed E-state index contributed by atoms with van der Waals surface area (Å²) in [6, 6.07) is 6.90. The van der Waals surface area contributed by atoms with Crippen LogP contribution in [0, 0.1) is 5.82 Å². The van der Waals surface area contributed by atoms with Gasteiger partial charge in [-0.3, -0.25) is 0 Å². The first kappa shape index (κ1) is 17.7. The third kappa shape index (κ3) is 3.33. The van der Waals surface area contributed by atoms with E-state index < -0.39 is 17.4 Å². The van der Waals surface area contributed by atoms with E-state index >= 15 is 0 Å². The highest BCUT2D eigenvalue weighted by molar-refractivity contribution is 5.97. The molecule has 128 valence electrons. The smallest absolute Gasteiger partial charge is 0.336 e. The summed E-state index contributed by atoms with van der Waals surface area (Å²) >= 11 is 0. The fourth-order valence-electron chi connectivity index (χ4n) is 2.39. The molecule has 0 amide bonds. The Labute approximate surface area is 139 Å². The van der Waals surface area contributed by atoms with E-state index in [0.717, 1.165) is 0 Å². The lowest BCUT2D eigenvalue weighted by atomic mass is 9.93. The van der Waals surface area contributed by atoms with Crippen molar-refractivity contribution in [1.82, 2.24) is 0 Å². The van der Waals surface area contributed by atoms with Gasteiger partial charge in [0.25, 0.3) is 0 Å². The summed E-state index contributed by atoms with van der Waals surface area (Å²) < 4.78 is 24.8. The van der Waals surface area contributed by atoms with Crippen LogP contribution in [0.4, 0.5) is 4.39 Å². The van der Waals surface area contributed by atoms with Crippen molar-refractivity contribution >= 4 is 5.97 Å². The molecule has 2 N–H and O–H groups in total. The van der Waals surface area contributed by atoms with Crippen molar-refractivity contribution in [3.8, 4) is 22.6 Å². The van der Waals surface area contributed by atoms with Gasteiger partial charge in [0, 0.05) is 11.1 Å². The van der Waals surface area contributed by atoms with Crippen LogP contribution in [0.15, 0.2) is 30.3 Å². The Kier molecular flexibility index (Phi) is 4.80. The van der Waals surface area contributed by atoms with Crippen LogP contribution in [0.3, 0.4) is 0 Å². The highest BCUT2D eigenvalue weighted by atomic mass is 19.1. The molecule has 6 heteroatoms. The van der Waals surface area contributed by atoms with Crippen LogP contribution in [0.1, 0.15) is 29.8 Å². The van der Waals surface area contributed by atoms with Gasteiger partial charge in [-0.1, -0.05) is 12.1 Å². The number of hydrogen-bond donors (Lipinski definition) is 2. The van der Waals surface area contributed by atoms with Crippen molar-refractivity contribution in [3.05, 3.63) is 47.3 Å². The van der Waals surface area contributed by atoms with Gasteiger partial charge in [-0.05, 0) is 37.6 Å². The summed E-state index contributed by atoms with van der Waals surface area (Å²) in [5.41, 5.74) is -0.656. The van der Waals surface area contributed by atoms with Gasteiger partial charge in [-0.25, -0.2) is 9.18 Å². The lowest BCUT2D eigenvalue weighted by Gasteiger charge is -2.19. The van der Waals surface area contributed by atoms with Gasteiger partial charge in [0.1, 0.15) is 5.82 Å². The first-order chi connectivity index (χ1) is 11.2. The van der Waals surface area contributed by atoms with E-state index in [4.69, 9.17) is 9.47 Å². The third-order valence-electron chi connectivity index (χ3n) is 3.72. The normalized spacial score (nSPS) is 11.2. The number of carbonyl (C=O) groups is 1. The van der Waals surface area contributed by atoms with Crippen LogP contribution in [-0.2, 0) is 5.60 Å². The van der Waals surface area contributed by atoms with E-state index in [1.807, 2.05) is 0 Å². The Morgan fingerprint density at radius 1 is 1.04 bits per heavy atom. The number of methoxy groups -OCH3 is 2. The zero-order valence-corrected chi connectivity index (χ0v) is 13.9. The summed E-state index contributed by atoms with van der Waals surface area (Å²) in [4.78, 5) is 11.5. The topological polar surface area (TPSA) is 76.0 Å². The van der Waals surface area contributed by atoms with Gasteiger partial charge in [0.2, 0.25) is 0 Å². The molecular weight excluding hydrogens is 315 g/mol. The van der Waals surface area contributed by atoms with E-state index in [2.05, 4.69) is 0 Å². The molecule has 0 fully saturated rings. The van der Waals surface area contributed by atoms with Crippen molar-refractivity contribution in [3.63, 3.8) is 0 Å².